The number of H-pyrrole nitrogens is 1. The molecule has 0 fully saturated rings. The Labute approximate surface area is 150 Å². The van der Waals surface area contributed by atoms with Crippen LogP contribution >= 0.6 is 0 Å². The molecule has 1 heterocycles. The van der Waals surface area contributed by atoms with Crippen LogP contribution in [0.5, 0.6) is 0 Å². The molecule has 6 nitrogen and oxygen atoms in total. The number of amides is 1. The van der Waals surface area contributed by atoms with E-state index in [1.54, 1.807) is 12.1 Å². The van der Waals surface area contributed by atoms with Crippen molar-refractivity contribution in [3.8, 4) is 11.4 Å². The average Bonchev–Trinajstić information content (AvgIpc) is 3.22. The molecule has 0 saturated heterocycles. The quantitative estimate of drug-likeness (QED) is 0.594. The fraction of sp³-hybridized carbons (Fsp3) is 0.100. The minimum absolute atomic E-state index is 0.106. The Hall–Kier alpha value is -3.54. The van der Waals surface area contributed by atoms with Crippen molar-refractivity contribution in [3.05, 3.63) is 77.9 Å². The van der Waals surface area contributed by atoms with Gasteiger partial charge in [-0.2, -0.15) is 5.21 Å². The molecule has 0 spiro atoms. The zero-order chi connectivity index (χ0) is 17.9. The first-order valence-corrected chi connectivity index (χ1v) is 8.35. The second-order valence-electron chi connectivity index (χ2n) is 6.08. The summed E-state index contributed by atoms with van der Waals surface area (Å²) in [5, 5.41) is 19.2. The Morgan fingerprint density at radius 2 is 1.77 bits per heavy atom. The summed E-state index contributed by atoms with van der Waals surface area (Å²) in [6, 6.07) is 21.3. The highest BCUT2D eigenvalue weighted by atomic mass is 16.1. The molecular weight excluding hydrogens is 326 g/mol. The van der Waals surface area contributed by atoms with Crippen LogP contribution in [0.25, 0.3) is 22.2 Å². The summed E-state index contributed by atoms with van der Waals surface area (Å²) in [6.07, 6.45) is 0. The van der Waals surface area contributed by atoms with Crippen LogP contribution in [0.2, 0.25) is 0 Å². The summed E-state index contributed by atoms with van der Waals surface area (Å²) in [7, 11) is 0. The zero-order valence-corrected chi connectivity index (χ0v) is 14.2. The van der Waals surface area contributed by atoms with Crippen LogP contribution in [0.4, 0.5) is 0 Å². The molecule has 4 rings (SSSR count). The first kappa shape index (κ1) is 16.0. The molecule has 3 aromatic carbocycles. The van der Waals surface area contributed by atoms with Gasteiger partial charge in [-0.25, -0.2) is 0 Å². The molecular formula is C20H17N5O. The van der Waals surface area contributed by atoms with Crippen LogP contribution in [-0.2, 0) is 0 Å². The van der Waals surface area contributed by atoms with Crippen LogP contribution in [-0.4, -0.2) is 26.5 Å². The highest BCUT2D eigenvalue weighted by molar-refractivity contribution is 5.95. The topological polar surface area (TPSA) is 83.6 Å². The lowest BCUT2D eigenvalue weighted by Gasteiger charge is -2.17. The fourth-order valence-corrected chi connectivity index (χ4v) is 3.04. The molecule has 1 atom stereocenters. The van der Waals surface area contributed by atoms with Gasteiger partial charge in [-0.15, -0.1) is 10.2 Å². The number of hydrogen-bond donors (Lipinski definition) is 2. The van der Waals surface area contributed by atoms with E-state index in [0.717, 1.165) is 21.9 Å². The Kier molecular flexibility index (Phi) is 4.15. The highest BCUT2D eigenvalue weighted by Crippen LogP contribution is 2.24. The van der Waals surface area contributed by atoms with Gasteiger partial charge in [0.05, 0.1) is 6.04 Å². The van der Waals surface area contributed by atoms with Crippen LogP contribution in [0.15, 0.2) is 66.7 Å². The Balaban J connectivity index is 1.54. The number of carbonyl (C=O) groups is 1. The third-order valence-corrected chi connectivity index (χ3v) is 4.39. The molecule has 0 radical (unpaired) electrons. The molecule has 26 heavy (non-hydrogen) atoms. The van der Waals surface area contributed by atoms with Gasteiger partial charge in [-0.05, 0) is 40.6 Å². The maximum Gasteiger partial charge on any atom is 0.251 e. The Morgan fingerprint density at radius 3 is 2.54 bits per heavy atom. The Morgan fingerprint density at radius 1 is 1.00 bits per heavy atom. The molecule has 0 aliphatic carbocycles. The van der Waals surface area contributed by atoms with Crippen molar-refractivity contribution in [1.29, 1.82) is 0 Å². The zero-order valence-electron chi connectivity index (χ0n) is 14.2. The number of carbonyl (C=O) groups excluding carboxylic acids is 1. The van der Waals surface area contributed by atoms with Gasteiger partial charge in [0.15, 0.2) is 0 Å². The van der Waals surface area contributed by atoms with Crippen molar-refractivity contribution >= 4 is 16.7 Å². The fourth-order valence-electron chi connectivity index (χ4n) is 3.04. The summed E-state index contributed by atoms with van der Waals surface area (Å²) in [5.74, 6) is 0.381. The molecule has 1 amide bonds. The summed E-state index contributed by atoms with van der Waals surface area (Å²) < 4.78 is 0. The Bertz CT molecular complexity index is 1040. The maximum absolute atomic E-state index is 12.6. The van der Waals surface area contributed by atoms with E-state index in [1.807, 2.05) is 43.3 Å². The summed E-state index contributed by atoms with van der Waals surface area (Å²) >= 11 is 0. The van der Waals surface area contributed by atoms with Gasteiger partial charge < -0.3 is 5.32 Å². The molecule has 128 valence electrons. The predicted molar refractivity (Wildman–Crippen MR) is 99.4 cm³/mol. The van der Waals surface area contributed by atoms with Gasteiger partial charge in [0.2, 0.25) is 5.82 Å². The van der Waals surface area contributed by atoms with E-state index < -0.39 is 0 Å². The van der Waals surface area contributed by atoms with Gasteiger partial charge in [-0.1, -0.05) is 54.6 Å². The number of aromatic amines is 1. The molecule has 6 heteroatoms. The lowest BCUT2D eigenvalue weighted by atomic mass is 9.99. The molecule has 1 aromatic heterocycles. The third-order valence-electron chi connectivity index (χ3n) is 4.39. The van der Waals surface area contributed by atoms with Crippen molar-refractivity contribution in [2.75, 3.05) is 0 Å². The first-order chi connectivity index (χ1) is 12.7. The van der Waals surface area contributed by atoms with E-state index in [1.165, 1.54) is 0 Å². The number of fused-ring (bicyclic) bond motifs is 1. The van der Waals surface area contributed by atoms with Gasteiger partial charge in [0, 0.05) is 11.1 Å². The van der Waals surface area contributed by atoms with Gasteiger partial charge in [0.25, 0.3) is 5.91 Å². The van der Waals surface area contributed by atoms with Crippen molar-refractivity contribution in [2.45, 2.75) is 13.0 Å². The maximum atomic E-state index is 12.6. The standard InChI is InChI=1S/C20H17N5O/c1-13(17-8-4-6-14-5-2-3-7-18(14)17)21-20(26)16-11-9-15(10-12-16)19-22-24-25-23-19/h2-13H,1H3,(H,21,26)(H,22,23,24,25)/t13-/m0/s1. The highest BCUT2D eigenvalue weighted by Gasteiger charge is 2.14. The van der Waals surface area contributed by atoms with E-state index in [9.17, 15) is 4.79 Å². The number of nitrogens with one attached hydrogen (secondary N) is 2. The number of tetrazole rings is 1. The van der Waals surface area contributed by atoms with Crippen molar-refractivity contribution in [2.24, 2.45) is 0 Å². The molecule has 2 N–H and O–H groups in total. The van der Waals surface area contributed by atoms with Crippen LogP contribution < -0.4 is 5.32 Å². The van der Waals surface area contributed by atoms with E-state index in [4.69, 9.17) is 0 Å². The summed E-state index contributed by atoms with van der Waals surface area (Å²) in [4.78, 5) is 12.6. The molecule has 4 aromatic rings. The SMILES string of the molecule is C[C@H](NC(=O)c1ccc(-c2nn[nH]n2)cc1)c1cccc2ccccc12. The third kappa shape index (κ3) is 3.04. The smallest absolute Gasteiger partial charge is 0.251 e. The molecule has 0 aliphatic heterocycles. The first-order valence-electron chi connectivity index (χ1n) is 8.35. The van der Waals surface area contributed by atoms with Crippen LogP contribution in [0.3, 0.4) is 0 Å². The molecule has 0 aliphatic rings. The number of nitrogens with zero attached hydrogens (tertiary/aromatic N) is 3. The molecule has 0 bridgehead atoms. The lowest BCUT2D eigenvalue weighted by molar-refractivity contribution is 0.0940. The van der Waals surface area contributed by atoms with Crippen LogP contribution in [0, 0.1) is 0 Å². The van der Waals surface area contributed by atoms with Crippen molar-refractivity contribution in [1.82, 2.24) is 25.9 Å². The number of aromatic nitrogens is 4. The van der Waals surface area contributed by atoms with E-state index >= 15 is 0 Å². The molecule has 0 unspecified atom stereocenters. The van der Waals surface area contributed by atoms with Gasteiger partial charge in [0.1, 0.15) is 0 Å². The van der Waals surface area contributed by atoms with E-state index in [2.05, 4.69) is 44.1 Å². The summed E-state index contributed by atoms with van der Waals surface area (Å²) in [6.45, 7) is 1.99. The minimum Gasteiger partial charge on any atom is -0.345 e. The number of rotatable bonds is 4. The summed E-state index contributed by atoms with van der Waals surface area (Å²) in [5.41, 5.74) is 2.49. The van der Waals surface area contributed by atoms with Gasteiger partial charge >= 0.3 is 0 Å². The minimum atomic E-state index is -0.120. The lowest BCUT2D eigenvalue weighted by Crippen LogP contribution is -2.26. The largest absolute Gasteiger partial charge is 0.345 e. The normalized spacial score (nSPS) is 12.0. The van der Waals surface area contributed by atoms with E-state index in [0.29, 0.717) is 11.4 Å². The second kappa shape index (κ2) is 6.76. The number of benzene rings is 3. The van der Waals surface area contributed by atoms with Crippen molar-refractivity contribution < 1.29 is 4.79 Å². The number of hydrogen-bond acceptors (Lipinski definition) is 4. The predicted octanol–water partition coefficient (Wildman–Crippen LogP) is 3.51. The van der Waals surface area contributed by atoms with E-state index in [-0.39, 0.29) is 11.9 Å². The average molecular weight is 343 g/mol. The van der Waals surface area contributed by atoms with Crippen LogP contribution in [0.1, 0.15) is 28.9 Å². The van der Waals surface area contributed by atoms with Gasteiger partial charge in [-0.3, -0.25) is 4.79 Å². The second-order valence-corrected chi connectivity index (χ2v) is 6.08. The van der Waals surface area contributed by atoms with Crippen molar-refractivity contribution in [3.63, 3.8) is 0 Å². The monoisotopic (exact) mass is 343 g/mol. The molecule has 0 saturated carbocycles.